The number of nitrogens with two attached hydrogens (primary N) is 1. The zero-order chi connectivity index (χ0) is 10.2. The minimum Gasteiger partial charge on any atom is -0.493 e. The molecule has 84 valence electrons. The first-order chi connectivity index (χ1) is 6.67. The highest BCUT2D eigenvalue weighted by molar-refractivity contribution is 5.85. The van der Waals surface area contributed by atoms with Crippen molar-refractivity contribution in [2.24, 2.45) is 5.73 Å². The summed E-state index contributed by atoms with van der Waals surface area (Å²) in [6.45, 7) is 1.32. The number of ether oxygens (including phenoxy) is 1. The molecule has 15 heavy (non-hydrogen) atoms. The van der Waals surface area contributed by atoms with Crippen LogP contribution in [0.5, 0.6) is 5.75 Å². The van der Waals surface area contributed by atoms with Gasteiger partial charge < -0.3 is 15.8 Å². The van der Waals surface area contributed by atoms with E-state index in [2.05, 4.69) is 5.32 Å². The van der Waals surface area contributed by atoms with Crippen LogP contribution in [-0.4, -0.2) is 20.2 Å². The maximum Gasteiger partial charge on any atom is 0.165 e. The van der Waals surface area contributed by atoms with Crippen molar-refractivity contribution in [3.05, 3.63) is 29.6 Å². The quantitative estimate of drug-likeness (QED) is 0.800. The molecule has 1 saturated heterocycles. The van der Waals surface area contributed by atoms with Crippen molar-refractivity contribution in [1.82, 2.24) is 5.32 Å². The third-order valence-corrected chi connectivity index (χ3v) is 2.59. The largest absolute Gasteiger partial charge is 0.493 e. The first-order valence-electron chi connectivity index (χ1n) is 4.50. The van der Waals surface area contributed by atoms with Crippen molar-refractivity contribution >= 4 is 12.4 Å². The number of methoxy groups -OCH3 is 1. The molecule has 1 aliphatic heterocycles. The van der Waals surface area contributed by atoms with Crippen LogP contribution in [-0.2, 0) is 5.54 Å². The molecule has 1 aliphatic rings. The predicted octanol–water partition coefficient (Wildman–Crippen LogP) is 1.01. The molecule has 0 bridgehead atoms. The number of hydrogen-bond acceptors (Lipinski definition) is 3. The van der Waals surface area contributed by atoms with Crippen LogP contribution in [0.1, 0.15) is 5.56 Å². The Bertz CT molecular complexity index is 355. The fraction of sp³-hybridized carbons (Fsp3) is 0.400. The van der Waals surface area contributed by atoms with Gasteiger partial charge in [0.1, 0.15) is 0 Å². The fourth-order valence-electron chi connectivity index (χ4n) is 1.69. The third kappa shape index (κ3) is 1.93. The molecule has 3 N–H and O–H groups in total. The van der Waals surface area contributed by atoms with Crippen LogP contribution in [0.3, 0.4) is 0 Å². The van der Waals surface area contributed by atoms with Crippen molar-refractivity contribution in [2.75, 3.05) is 20.2 Å². The Morgan fingerprint density at radius 3 is 2.60 bits per heavy atom. The average molecular weight is 233 g/mol. The Labute approximate surface area is 94.2 Å². The predicted molar refractivity (Wildman–Crippen MR) is 58.9 cm³/mol. The Morgan fingerprint density at radius 2 is 2.13 bits per heavy atom. The highest BCUT2D eigenvalue weighted by Crippen LogP contribution is 2.32. The Hall–Kier alpha value is -0.840. The average Bonchev–Trinajstić information content (AvgIpc) is 2.14. The number of nitrogens with one attached hydrogen (secondary N) is 1. The summed E-state index contributed by atoms with van der Waals surface area (Å²) >= 11 is 0. The fourth-order valence-corrected chi connectivity index (χ4v) is 1.69. The molecule has 0 spiro atoms. The summed E-state index contributed by atoms with van der Waals surface area (Å²) < 4.78 is 18.4. The molecule has 0 radical (unpaired) electrons. The summed E-state index contributed by atoms with van der Waals surface area (Å²) in [5, 5.41) is 3.07. The van der Waals surface area contributed by atoms with Gasteiger partial charge >= 0.3 is 0 Å². The van der Waals surface area contributed by atoms with E-state index in [1.54, 1.807) is 6.07 Å². The zero-order valence-corrected chi connectivity index (χ0v) is 9.23. The molecule has 1 fully saturated rings. The molecule has 1 aromatic carbocycles. The van der Waals surface area contributed by atoms with E-state index in [4.69, 9.17) is 10.5 Å². The number of halogens is 2. The Balaban J connectivity index is 0.00000112. The van der Waals surface area contributed by atoms with Crippen molar-refractivity contribution in [2.45, 2.75) is 5.54 Å². The van der Waals surface area contributed by atoms with Crippen molar-refractivity contribution in [3.63, 3.8) is 0 Å². The summed E-state index contributed by atoms with van der Waals surface area (Å²) in [4.78, 5) is 0. The van der Waals surface area contributed by atoms with Gasteiger partial charge in [0.2, 0.25) is 0 Å². The van der Waals surface area contributed by atoms with Crippen LogP contribution >= 0.6 is 12.4 Å². The first kappa shape index (κ1) is 12.2. The van der Waals surface area contributed by atoms with E-state index >= 15 is 0 Å². The lowest BCUT2D eigenvalue weighted by Crippen LogP contribution is -2.62. The van der Waals surface area contributed by atoms with Crippen LogP contribution in [0.15, 0.2) is 18.2 Å². The van der Waals surface area contributed by atoms with Crippen LogP contribution in [0.25, 0.3) is 0 Å². The standard InChI is InChI=1S/C10H13FN2O.ClH/c1-14-9-7(3-2-4-8(9)11)10(12)5-13-6-10;/h2-4,13H,5-6,12H2,1H3;1H. The second kappa shape index (κ2) is 4.35. The van der Waals surface area contributed by atoms with Crippen molar-refractivity contribution in [1.29, 1.82) is 0 Å². The number of benzene rings is 1. The molecule has 1 heterocycles. The highest BCUT2D eigenvalue weighted by atomic mass is 35.5. The zero-order valence-electron chi connectivity index (χ0n) is 8.42. The lowest BCUT2D eigenvalue weighted by Gasteiger charge is -2.40. The summed E-state index contributed by atoms with van der Waals surface area (Å²) in [5.74, 6) is -0.0989. The third-order valence-electron chi connectivity index (χ3n) is 2.59. The van der Waals surface area contributed by atoms with Gasteiger partial charge in [-0.3, -0.25) is 0 Å². The van der Waals surface area contributed by atoms with Gasteiger partial charge in [0.25, 0.3) is 0 Å². The van der Waals surface area contributed by atoms with Crippen molar-refractivity contribution < 1.29 is 9.13 Å². The van der Waals surface area contributed by atoms with Crippen LogP contribution in [0, 0.1) is 5.82 Å². The summed E-state index contributed by atoms with van der Waals surface area (Å²) in [6.07, 6.45) is 0. The van der Waals surface area contributed by atoms with Gasteiger partial charge in [0, 0.05) is 18.7 Å². The number of hydrogen-bond donors (Lipinski definition) is 2. The molecule has 0 amide bonds. The Kier molecular flexibility index (Phi) is 3.54. The second-order valence-electron chi connectivity index (χ2n) is 3.58. The maximum absolute atomic E-state index is 13.3. The highest BCUT2D eigenvalue weighted by Gasteiger charge is 2.37. The maximum atomic E-state index is 13.3. The topological polar surface area (TPSA) is 47.3 Å². The number of rotatable bonds is 2. The molecule has 2 rings (SSSR count). The molecular formula is C10H14ClFN2O. The summed E-state index contributed by atoms with van der Waals surface area (Å²) in [7, 11) is 1.46. The summed E-state index contributed by atoms with van der Waals surface area (Å²) in [6, 6.07) is 4.83. The molecule has 3 nitrogen and oxygen atoms in total. The first-order valence-corrected chi connectivity index (χ1v) is 4.50. The van der Waals surface area contributed by atoms with Gasteiger partial charge in [-0.2, -0.15) is 0 Å². The number of para-hydroxylation sites is 1. The van der Waals surface area contributed by atoms with Gasteiger partial charge in [-0.05, 0) is 6.07 Å². The van der Waals surface area contributed by atoms with Crippen molar-refractivity contribution in [3.8, 4) is 5.75 Å². The minimum absolute atomic E-state index is 0. The SMILES string of the molecule is COc1c(F)cccc1C1(N)CNC1.Cl. The van der Waals surface area contributed by atoms with E-state index in [1.165, 1.54) is 13.2 Å². The van der Waals surface area contributed by atoms with Gasteiger partial charge in [0.15, 0.2) is 11.6 Å². The lowest BCUT2D eigenvalue weighted by molar-refractivity contribution is 0.270. The van der Waals surface area contributed by atoms with E-state index in [0.29, 0.717) is 13.1 Å². The molecule has 5 heteroatoms. The normalized spacial score (nSPS) is 17.5. The van der Waals surface area contributed by atoms with E-state index < -0.39 is 5.54 Å². The summed E-state index contributed by atoms with van der Waals surface area (Å²) in [5.41, 5.74) is 6.32. The molecule has 0 aromatic heterocycles. The van der Waals surface area contributed by atoms with Gasteiger partial charge in [0.05, 0.1) is 12.6 Å². The second-order valence-corrected chi connectivity index (χ2v) is 3.58. The molecule has 0 unspecified atom stereocenters. The lowest BCUT2D eigenvalue weighted by atomic mass is 9.85. The van der Waals surface area contributed by atoms with Gasteiger partial charge in [-0.15, -0.1) is 12.4 Å². The van der Waals surface area contributed by atoms with E-state index in [9.17, 15) is 4.39 Å². The van der Waals surface area contributed by atoms with Crippen LogP contribution < -0.4 is 15.8 Å². The minimum atomic E-state index is -0.479. The molecule has 1 aromatic rings. The van der Waals surface area contributed by atoms with E-state index in [0.717, 1.165) is 5.56 Å². The van der Waals surface area contributed by atoms with Crippen LogP contribution in [0.4, 0.5) is 4.39 Å². The van der Waals surface area contributed by atoms with Gasteiger partial charge in [-0.25, -0.2) is 4.39 Å². The van der Waals surface area contributed by atoms with Gasteiger partial charge in [-0.1, -0.05) is 12.1 Å². The van der Waals surface area contributed by atoms with E-state index in [1.807, 2.05) is 6.07 Å². The Morgan fingerprint density at radius 1 is 1.47 bits per heavy atom. The molecule has 0 atom stereocenters. The van der Waals surface area contributed by atoms with Crippen LogP contribution in [0.2, 0.25) is 0 Å². The molecule has 0 aliphatic carbocycles. The molecular weight excluding hydrogens is 219 g/mol. The molecule has 0 saturated carbocycles. The van der Waals surface area contributed by atoms with E-state index in [-0.39, 0.29) is 24.0 Å². The smallest absolute Gasteiger partial charge is 0.165 e. The monoisotopic (exact) mass is 232 g/mol.